The third kappa shape index (κ3) is 5.79. The van der Waals surface area contributed by atoms with Crippen LogP contribution in [0.3, 0.4) is 0 Å². The molecule has 3 nitrogen and oxygen atoms in total. The summed E-state index contributed by atoms with van der Waals surface area (Å²) in [6.45, 7) is 6.24. The fourth-order valence-corrected chi connectivity index (χ4v) is 5.46. The maximum Gasteiger partial charge on any atom is 0.254 e. The predicted molar refractivity (Wildman–Crippen MR) is 159 cm³/mol. The molecule has 194 valence electrons. The molecule has 0 unspecified atom stereocenters. The number of rotatable bonds is 8. The van der Waals surface area contributed by atoms with Crippen molar-refractivity contribution in [3.05, 3.63) is 112 Å². The second-order valence-corrected chi connectivity index (χ2v) is 10.5. The van der Waals surface area contributed by atoms with Crippen molar-refractivity contribution in [3.63, 3.8) is 0 Å². The lowest BCUT2D eigenvalue weighted by Gasteiger charge is -2.21. The van der Waals surface area contributed by atoms with Crippen LogP contribution in [0.15, 0.2) is 78.9 Å². The van der Waals surface area contributed by atoms with E-state index < -0.39 is 0 Å². The van der Waals surface area contributed by atoms with E-state index in [1.807, 2.05) is 43.0 Å². The van der Waals surface area contributed by atoms with Crippen LogP contribution in [0.1, 0.15) is 58.3 Å². The second kappa shape index (κ2) is 11.9. The van der Waals surface area contributed by atoms with E-state index in [1.165, 1.54) is 0 Å². The minimum Gasteiger partial charge on any atom is -0.494 e. The Balaban J connectivity index is 1.49. The van der Waals surface area contributed by atoms with Crippen LogP contribution >= 0.6 is 11.6 Å². The van der Waals surface area contributed by atoms with Gasteiger partial charge in [0.25, 0.3) is 5.91 Å². The molecule has 1 amide bonds. The number of ether oxygens (including phenoxy) is 1. The number of carbonyl (C=O) groups is 1. The zero-order chi connectivity index (χ0) is 26.5. The van der Waals surface area contributed by atoms with Gasteiger partial charge in [-0.25, -0.2) is 0 Å². The third-order valence-corrected chi connectivity index (χ3v) is 7.88. The van der Waals surface area contributed by atoms with Crippen LogP contribution in [0.2, 0.25) is 5.02 Å². The predicted octanol–water partition coefficient (Wildman–Crippen LogP) is 8.75. The zero-order valence-corrected chi connectivity index (χ0v) is 22.9. The van der Waals surface area contributed by atoms with Gasteiger partial charge in [0.2, 0.25) is 0 Å². The highest BCUT2D eigenvalue weighted by Gasteiger charge is 2.24. The molecule has 4 aromatic carbocycles. The number of halogens is 1. The molecule has 0 bridgehead atoms. The maximum absolute atomic E-state index is 13.7. The van der Waals surface area contributed by atoms with Gasteiger partial charge in [-0.2, -0.15) is 0 Å². The average Bonchev–Trinajstić information content (AvgIpc) is 3.48. The molecule has 4 aromatic rings. The number of carbonyl (C=O) groups excluding carboxylic acids is 1. The summed E-state index contributed by atoms with van der Waals surface area (Å²) < 4.78 is 6.14. The summed E-state index contributed by atoms with van der Waals surface area (Å²) in [7, 11) is 0. The van der Waals surface area contributed by atoms with Gasteiger partial charge < -0.3 is 9.64 Å². The standard InChI is InChI=1S/C34H34ClNO2/c1-24-21-29(22-25(2)33(24)35)38-20-10-14-28(23-26-11-4-3-5-12-26)32-30-15-7-6-13-27(30)16-17-31(32)34(37)36-18-8-9-19-36/h3-7,11-13,15-17,21-23H,8-10,14,18-20H2,1-2H3/b28-23-. The smallest absolute Gasteiger partial charge is 0.254 e. The van der Waals surface area contributed by atoms with Gasteiger partial charge in [-0.1, -0.05) is 78.3 Å². The Kier molecular flexibility index (Phi) is 8.14. The summed E-state index contributed by atoms with van der Waals surface area (Å²) in [6, 6.07) is 26.8. The van der Waals surface area contributed by atoms with Crippen LogP contribution < -0.4 is 4.74 Å². The van der Waals surface area contributed by atoms with Crippen LogP contribution in [0.4, 0.5) is 0 Å². The van der Waals surface area contributed by atoms with Crippen molar-refractivity contribution in [2.75, 3.05) is 19.7 Å². The lowest BCUT2D eigenvalue weighted by Crippen LogP contribution is -2.28. The van der Waals surface area contributed by atoms with E-state index >= 15 is 0 Å². The molecule has 0 atom stereocenters. The summed E-state index contributed by atoms with van der Waals surface area (Å²) >= 11 is 6.34. The van der Waals surface area contributed by atoms with Gasteiger partial charge in [0.15, 0.2) is 0 Å². The molecule has 0 saturated carbocycles. The summed E-state index contributed by atoms with van der Waals surface area (Å²) in [6.07, 6.45) is 5.98. The van der Waals surface area contributed by atoms with Crippen molar-refractivity contribution in [2.24, 2.45) is 0 Å². The number of likely N-dealkylation sites (tertiary alicyclic amines) is 1. The Morgan fingerprint density at radius 1 is 0.921 bits per heavy atom. The normalized spacial score (nSPS) is 13.8. The van der Waals surface area contributed by atoms with Gasteiger partial charge in [-0.15, -0.1) is 0 Å². The second-order valence-electron chi connectivity index (χ2n) is 10.1. The Labute approximate surface area is 230 Å². The number of hydrogen-bond acceptors (Lipinski definition) is 2. The molecule has 0 N–H and O–H groups in total. The van der Waals surface area contributed by atoms with E-state index in [0.29, 0.717) is 6.61 Å². The van der Waals surface area contributed by atoms with E-state index in [1.54, 1.807) is 0 Å². The van der Waals surface area contributed by atoms with Gasteiger partial charge >= 0.3 is 0 Å². The lowest BCUT2D eigenvalue weighted by molar-refractivity contribution is 0.0792. The van der Waals surface area contributed by atoms with Gasteiger partial charge in [0, 0.05) is 23.7 Å². The van der Waals surface area contributed by atoms with E-state index in [4.69, 9.17) is 16.3 Å². The molecule has 1 aliphatic rings. The highest BCUT2D eigenvalue weighted by molar-refractivity contribution is 6.32. The van der Waals surface area contributed by atoms with Crippen molar-refractivity contribution in [3.8, 4) is 5.75 Å². The van der Waals surface area contributed by atoms with E-state index in [0.717, 1.165) is 93.7 Å². The summed E-state index contributed by atoms with van der Waals surface area (Å²) in [5, 5.41) is 3.05. The monoisotopic (exact) mass is 523 g/mol. The van der Waals surface area contributed by atoms with Crippen LogP contribution in [0, 0.1) is 13.8 Å². The Morgan fingerprint density at radius 2 is 1.61 bits per heavy atom. The minimum atomic E-state index is 0.130. The van der Waals surface area contributed by atoms with Crippen molar-refractivity contribution >= 4 is 39.9 Å². The van der Waals surface area contributed by atoms with Crippen molar-refractivity contribution in [1.82, 2.24) is 4.90 Å². The maximum atomic E-state index is 13.7. The molecule has 0 radical (unpaired) electrons. The molecule has 4 heteroatoms. The van der Waals surface area contributed by atoms with Crippen LogP contribution in [-0.4, -0.2) is 30.5 Å². The highest BCUT2D eigenvalue weighted by atomic mass is 35.5. The molecule has 1 fully saturated rings. The molecular weight excluding hydrogens is 490 g/mol. The number of allylic oxidation sites excluding steroid dienone is 1. The van der Waals surface area contributed by atoms with E-state index in [-0.39, 0.29) is 5.91 Å². The molecule has 1 saturated heterocycles. The first kappa shape index (κ1) is 26.1. The number of nitrogens with zero attached hydrogens (tertiary/aromatic N) is 1. The first-order valence-corrected chi connectivity index (χ1v) is 13.9. The fourth-order valence-electron chi connectivity index (χ4n) is 5.35. The minimum absolute atomic E-state index is 0.130. The first-order valence-electron chi connectivity index (χ1n) is 13.5. The summed E-state index contributed by atoms with van der Waals surface area (Å²) in [4.78, 5) is 15.7. The largest absolute Gasteiger partial charge is 0.494 e. The Bertz CT molecular complexity index is 1450. The zero-order valence-electron chi connectivity index (χ0n) is 22.2. The molecular formula is C34H34ClNO2. The van der Waals surface area contributed by atoms with Gasteiger partial charge in [-0.3, -0.25) is 4.79 Å². The summed E-state index contributed by atoms with van der Waals surface area (Å²) in [5.74, 6) is 0.971. The number of amides is 1. The molecule has 0 spiro atoms. The molecule has 1 heterocycles. The van der Waals surface area contributed by atoms with Gasteiger partial charge in [0.05, 0.1) is 6.61 Å². The fraction of sp³-hybridized carbons (Fsp3) is 0.265. The topological polar surface area (TPSA) is 29.5 Å². The first-order chi connectivity index (χ1) is 18.5. The van der Waals surface area contributed by atoms with Gasteiger partial charge in [0.1, 0.15) is 5.75 Å². The van der Waals surface area contributed by atoms with Gasteiger partial charge in [-0.05, 0) is 96.3 Å². The molecule has 0 aliphatic carbocycles. The number of hydrogen-bond donors (Lipinski definition) is 0. The lowest BCUT2D eigenvalue weighted by atomic mass is 9.89. The van der Waals surface area contributed by atoms with Crippen molar-refractivity contribution in [2.45, 2.75) is 39.5 Å². The van der Waals surface area contributed by atoms with Crippen LogP contribution in [0.25, 0.3) is 22.4 Å². The van der Waals surface area contributed by atoms with E-state index in [9.17, 15) is 4.79 Å². The van der Waals surface area contributed by atoms with Crippen LogP contribution in [-0.2, 0) is 0 Å². The third-order valence-electron chi connectivity index (χ3n) is 7.28. The molecule has 0 aromatic heterocycles. The molecule has 38 heavy (non-hydrogen) atoms. The highest BCUT2D eigenvalue weighted by Crippen LogP contribution is 2.34. The Morgan fingerprint density at radius 3 is 2.34 bits per heavy atom. The number of benzene rings is 4. The molecule has 1 aliphatic heterocycles. The van der Waals surface area contributed by atoms with Crippen molar-refractivity contribution < 1.29 is 9.53 Å². The van der Waals surface area contributed by atoms with E-state index in [2.05, 4.69) is 60.7 Å². The Hall–Kier alpha value is -3.56. The van der Waals surface area contributed by atoms with Crippen molar-refractivity contribution in [1.29, 1.82) is 0 Å². The number of aryl methyl sites for hydroxylation is 2. The quantitative estimate of drug-likeness (QED) is 0.171. The summed E-state index contributed by atoms with van der Waals surface area (Å²) in [5.41, 5.74) is 6.15. The SMILES string of the molecule is Cc1cc(OCCC/C(=C/c2ccccc2)c2c(C(=O)N3CCCC3)ccc3ccccc23)cc(C)c1Cl. The number of fused-ring (bicyclic) bond motifs is 1. The molecule has 5 rings (SSSR count). The average molecular weight is 524 g/mol. The van der Waals surface area contributed by atoms with Crippen LogP contribution in [0.5, 0.6) is 5.75 Å².